The Bertz CT molecular complexity index is 817. The van der Waals surface area contributed by atoms with Crippen molar-refractivity contribution < 1.29 is 9.90 Å². The molecule has 2 rings (SSSR count). The van der Waals surface area contributed by atoms with E-state index in [1.165, 1.54) is 6.07 Å². The summed E-state index contributed by atoms with van der Waals surface area (Å²) in [6.45, 7) is 8.07. The number of nitrogens with one attached hydrogen (secondary N) is 1. The number of hydrogen-bond acceptors (Lipinski definition) is 3. The number of nitrogens with zero attached hydrogens (tertiary/aromatic N) is 1. The van der Waals surface area contributed by atoms with E-state index in [0.29, 0.717) is 16.3 Å². The molecule has 0 bridgehead atoms. The van der Waals surface area contributed by atoms with E-state index in [9.17, 15) is 9.90 Å². The first kappa shape index (κ1) is 20.3. The van der Waals surface area contributed by atoms with Gasteiger partial charge in [0, 0.05) is 5.02 Å². The maximum absolute atomic E-state index is 12.2. The largest absolute Gasteiger partial charge is 0.507 e. The zero-order valence-electron chi connectivity index (χ0n) is 15.2. The lowest BCUT2D eigenvalue weighted by Gasteiger charge is -2.16. The van der Waals surface area contributed by atoms with Gasteiger partial charge in [-0.05, 0) is 58.9 Å². The van der Waals surface area contributed by atoms with Gasteiger partial charge in [-0.3, -0.25) is 4.79 Å². The number of phenols is 1. The molecule has 2 aromatic rings. The monoisotopic (exact) mass is 392 g/mol. The van der Waals surface area contributed by atoms with Gasteiger partial charge in [0.15, 0.2) is 0 Å². The first-order valence-corrected chi connectivity index (χ1v) is 9.11. The fourth-order valence-electron chi connectivity index (χ4n) is 2.56. The van der Waals surface area contributed by atoms with E-state index in [0.717, 1.165) is 16.7 Å². The topological polar surface area (TPSA) is 61.7 Å². The Hall–Kier alpha value is -2.04. The highest BCUT2D eigenvalue weighted by atomic mass is 35.5. The van der Waals surface area contributed by atoms with E-state index in [2.05, 4.69) is 10.5 Å². The van der Waals surface area contributed by atoms with Gasteiger partial charge in [0.2, 0.25) is 0 Å². The zero-order valence-corrected chi connectivity index (χ0v) is 16.7. The molecule has 1 amide bonds. The Morgan fingerprint density at radius 3 is 2.15 bits per heavy atom. The number of amides is 1. The maximum atomic E-state index is 12.2. The second kappa shape index (κ2) is 8.56. The van der Waals surface area contributed by atoms with Crippen molar-refractivity contribution in [3.63, 3.8) is 0 Å². The molecule has 0 unspecified atom stereocenters. The van der Waals surface area contributed by atoms with Crippen LogP contribution < -0.4 is 5.43 Å². The van der Waals surface area contributed by atoms with Crippen LogP contribution in [0.25, 0.3) is 0 Å². The lowest BCUT2D eigenvalue weighted by Crippen LogP contribution is -2.18. The zero-order chi connectivity index (χ0) is 19.4. The first-order chi connectivity index (χ1) is 12.2. The minimum atomic E-state index is -0.421. The molecule has 0 saturated heterocycles. The van der Waals surface area contributed by atoms with Crippen molar-refractivity contribution in [2.24, 2.45) is 5.10 Å². The van der Waals surface area contributed by atoms with E-state index < -0.39 is 5.91 Å². The molecule has 0 atom stereocenters. The van der Waals surface area contributed by atoms with Gasteiger partial charge >= 0.3 is 0 Å². The SMILES string of the molecule is CC(C)c1cc(/C=N\NC(=O)c2ccc(Cl)cc2Cl)cc(C(C)C)c1O. The summed E-state index contributed by atoms with van der Waals surface area (Å²) < 4.78 is 0. The van der Waals surface area contributed by atoms with Crippen LogP contribution in [-0.2, 0) is 0 Å². The van der Waals surface area contributed by atoms with Gasteiger partial charge < -0.3 is 5.11 Å². The standard InChI is InChI=1S/C20H22Cl2N2O2/c1-11(2)16-7-13(8-17(12(3)4)19(16)25)10-23-24-20(26)15-6-5-14(21)9-18(15)22/h5-12,25H,1-4H3,(H,24,26)/b23-10-. The summed E-state index contributed by atoms with van der Waals surface area (Å²) in [6.07, 6.45) is 1.55. The third kappa shape index (κ3) is 4.77. The van der Waals surface area contributed by atoms with Crippen LogP contribution in [0, 0.1) is 0 Å². The summed E-state index contributed by atoms with van der Waals surface area (Å²) in [5.74, 6) is 0.241. The number of halogens is 2. The van der Waals surface area contributed by atoms with Gasteiger partial charge in [-0.25, -0.2) is 5.43 Å². The summed E-state index contributed by atoms with van der Waals surface area (Å²) >= 11 is 11.9. The highest BCUT2D eigenvalue weighted by molar-refractivity contribution is 6.36. The molecule has 0 saturated carbocycles. The van der Waals surface area contributed by atoms with Gasteiger partial charge in [-0.15, -0.1) is 0 Å². The predicted octanol–water partition coefficient (Wildman–Crippen LogP) is 5.71. The molecule has 0 spiro atoms. The molecule has 0 aliphatic carbocycles. The van der Waals surface area contributed by atoms with Crippen molar-refractivity contribution in [1.29, 1.82) is 0 Å². The summed E-state index contributed by atoms with van der Waals surface area (Å²) in [5.41, 5.74) is 5.26. The molecule has 2 aromatic carbocycles. The Labute approximate surface area is 163 Å². The van der Waals surface area contributed by atoms with E-state index in [1.54, 1.807) is 18.3 Å². The highest BCUT2D eigenvalue weighted by Gasteiger charge is 2.15. The highest BCUT2D eigenvalue weighted by Crippen LogP contribution is 2.34. The third-order valence-corrected chi connectivity index (χ3v) is 4.54. The molecule has 0 radical (unpaired) electrons. The van der Waals surface area contributed by atoms with E-state index >= 15 is 0 Å². The number of hydrogen-bond donors (Lipinski definition) is 2. The van der Waals surface area contributed by atoms with Crippen molar-refractivity contribution in [1.82, 2.24) is 5.43 Å². The molecule has 4 nitrogen and oxygen atoms in total. The molecule has 0 aromatic heterocycles. The molecule has 0 aliphatic rings. The van der Waals surface area contributed by atoms with Crippen LogP contribution in [0.2, 0.25) is 10.0 Å². The average molecular weight is 393 g/mol. The Balaban J connectivity index is 2.23. The van der Waals surface area contributed by atoms with Crippen molar-refractivity contribution >= 4 is 35.3 Å². The maximum Gasteiger partial charge on any atom is 0.272 e. The summed E-state index contributed by atoms with van der Waals surface area (Å²) in [5, 5.41) is 15.2. The quantitative estimate of drug-likeness (QED) is 0.505. The summed E-state index contributed by atoms with van der Waals surface area (Å²) in [6, 6.07) is 8.39. The average Bonchev–Trinajstić information content (AvgIpc) is 2.55. The summed E-state index contributed by atoms with van der Waals surface area (Å²) in [7, 11) is 0. The van der Waals surface area contributed by atoms with Crippen LogP contribution in [0.4, 0.5) is 0 Å². The summed E-state index contributed by atoms with van der Waals surface area (Å²) in [4.78, 5) is 12.2. The smallest absolute Gasteiger partial charge is 0.272 e. The second-order valence-corrected chi connectivity index (χ2v) is 7.52. The lowest BCUT2D eigenvalue weighted by molar-refractivity contribution is 0.0955. The third-order valence-electron chi connectivity index (χ3n) is 3.99. The molecule has 0 heterocycles. The number of phenolic OH excluding ortho intramolecular Hbond substituents is 1. The fourth-order valence-corrected chi connectivity index (χ4v) is 3.05. The van der Waals surface area contributed by atoms with Crippen LogP contribution in [-0.4, -0.2) is 17.2 Å². The van der Waals surface area contributed by atoms with E-state index in [1.807, 2.05) is 39.8 Å². The number of hydrazone groups is 1. The van der Waals surface area contributed by atoms with Gasteiger partial charge in [-0.1, -0.05) is 50.9 Å². The van der Waals surface area contributed by atoms with E-state index in [-0.39, 0.29) is 16.9 Å². The predicted molar refractivity (Wildman–Crippen MR) is 108 cm³/mol. The van der Waals surface area contributed by atoms with Gasteiger partial charge in [0.05, 0.1) is 16.8 Å². The van der Waals surface area contributed by atoms with Gasteiger partial charge in [-0.2, -0.15) is 5.10 Å². The Morgan fingerprint density at radius 1 is 1.08 bits per heavy atom. The molecule has 2 N–H and O–H groups in total. The lowest BCUT2D eigenvalue weighted by atomic mass is 9.92. The number of carbonyl (C=O) groups is 1. The van der Waals surface area contributed by atoms with Crippen molar-refractivity contribution in [2.45, 2.75) is 39.5 Å². The Kier molecular flexibility index (Phi) is 6.68. The van der Waals surface area contributed by atoms with Crippen LogP contribution in [0.5, 0.6) is 5.75 Å². The van der Waals surface area contributed by atoms with Crippen molar-refractivity contribution in [2.75, 3.05) is 0 Å². The van der Waals surface area contributed by atoms with Crippen LogP contribution in [0.3, 0.4) is 0 Å². The molecular weight excluding hydrogens is 371 g/mol. The first-order valence-electron chi connectivity index (χ1n) is 8.36. The number of aromatic hydroxyl groups is 1. The molecule has 26 heavy (non-hydrogen) atoms. The Morgan fingerprint density at radius 2 is 1.65 bits per heavy atom. The van der Waals surface area contributed by atoms with Crippen molar-refractivity contribution in [3.8, 4) is 5.75 Å². The normalized spacial score (nSPS) is 11.5. The number of carbonyl (C=O) groups excluding carboxylic acids is 1. The second-order valence-electron chi connectivity index (χ2n) is 6.68. The fraction of sp³-hybridized carbons (Fsp3) is 0.300. The molecule has 0 aliphatic heterocycles. The number of rotatable bonds is 5. The molecule has 6 heteroatoms. The molecule has 0 fully saturated rings. The van der Waals surface area contributed by atoms with Crippen LogP contribution >= 0.6 is 23.2 Å². The number of benzene rings is 2. The van der Waals surface area contributed by atoms with Crippen LogP contribution in [0.1, 0.15) is 66.6 Å². The molecular formula is C20H22Cl2N2O2. The van der Waals surface area contributed by atoms with Crippen LogP contribution in [0.15, 0.2) is 35.4 Å². The van der Waals surface area contributed by atoms with Gasteiger partial charge in [0.1, 0.15) is 5.75 Å². The minimum Gasteiger partial charge on any atom is -0.507 e. The van der Waals surface area contributed by atoms with E-state index in [4.69, 9.17) is 23.2 Å². The minimum absolute atomic E-state index is 0.170. The molecule has 138 valence electrons. The van der Waals surface area contributed by atoms with Gasteiger partial charge in [0.25, 0.3) is 5.91 Å². The van der Waals surface area contributed by atoms with Crippen molar-refractivity contribution in [3.05, 3.63) is 62.6 Å².